The Bertz CT molecular complexity index is 842. The van der Waals surface area contributed by atoms with Gasteiger partial charge >= 0.3 is 0 Å². The summed E-state index contributed by atoms with van der Waals surface area (Å²) in [7, 11) is 0. The number of benzene rings is 1. The average Bonchev–Trinajstić information content (AvgIpc) is 3.20. The number of anilines is 1. The highest BCUT2D eigenvalue weighted by Gasteiger charge is 2.70. The Kier molecular flexibility index (Phi) is 4.29. The summed E-state index contributed by atoms with van der Waals surface area (Å²) in [6.07, 6.45) is 0.635. The first-order chi connectivity index (χ1) is 12.8. The van der Waals surface area contributed by atoms with Crippen LogP contribution in [0.4, 0.5) is 5.69 Å². The van der Waals surface area contributed by atoms with E-state index in [4.69, 9.17) is 11.6 Å². The number of likely N-dealkylation sites (tertiary alicyclic amines) is 1. The van der Waals surface area contributed by atoms with Gasteiger partial charge in [0.25, 0.3) is 0 Å². The Morgan fingerprint density at radius 1 is 1.30 bits per heavy atom. The SMILES string of the molecule is CCCCN1C(=O)[C@@H]2[C@H]([C@@H](C)O)N[C@@]3(C(=O)Nc4ccc(Cl)cc43)[C@@H]2C1=O. The third-order valence-electron chi connectivity index (χ3n) is 5.96. The molecule has 2 fully saturated rings. The van der Waals surface area contributed by atoms with Crippen LogP contribution in [-0.4, -0.2) is 46.4 Å². The Morgan fingerprint density at radius 2 is 2.04 bits per heavy atom. The number of carbonyl (C=O) groups is 3. The molecule has 144 valence electrons. The summed E-state index contributed by atoms with van der Waals surface area (Å²) in [5, 5.41) is 16.7. The van der Waals surface area contributed by atoms with E-state index in [1.807, 2.05) is 6.92 Å². The molecule has 4 rings (SSSR count). The number of hydrogen-bond acceptors (Lipinski definition) is 5. The normalized spacial score (nSPS) is 32.8. The zero-order valence-corrected chi connectivity index (χ0v) is 15.9. The highest BCUT2D eigenvalue weighted by Crippen LogP contribution is 2.53. The number of amides is 3. The van der Waals surface area contributed by atoms with Gasteiger partial charge in [0.15, 0.2) is 0 Å². The third kappa shape index (κ3) is 2.38. The van der Waals surface area contributed by atoms with E-state index in [9.17, 15) is 19.5 Å². The van der Waals surface area contributed by atoms with Gasteiger partial charge in [-0.3, -0.25) is 24.6 Å². The Hall–Kier alpha value is -1.96. The maximum Gasteiger partial charge on any atom is 0.250 e. The molecule has 0 radical (unpaired) electrons. The number of hydrogen-bond donors (Lipinski definition) is 3. The van der Waals surface area contributed by atoms with Crippen molar-refractivity contribution in [2.45, 2.75) is 44.4 Å². The van der Waals surface area contributed by atoms with Crippen LogP contribution >= 0.6 is 11.6 Å². The molecular weight excluding hydrogens is 370 g/mol. The highest BCUT2D eigenvalue weighted by atomic mass is 35.5. The molecule has 0 bridgehead atoms. The fourth-order valence-corrected chi connectivity index (χ4v) is 4.89. The molecule has 2 saturated heterocycles. The Morgan fingerprint density at radius 3 is 2.70 bits per heavy atom. The van der Waals surface area contributed by atoms with Crippen LogP contribution in [0.5, 0.6) is 0 Å². The molecular formula is C19H22ClN3O4. The van der Waals surface area contributed by atoms with Crippen molar-refractivity contribution in [1.29, 1.82) is 0 Å². The number of aliphatic hydroxyl groups is 1. The van der Waals surface area contributed by atoms with E-state index in [2.05, 4.69) is 10.6 Å². The van der Waals surface area contributed by atoms with Gasteiger partial charge in [-0.05, 0) is 31.5 Å². The summed E-state index contributed by atoms with van der Waals surface area (Å²) in [6, 6.07) is 4.30. The molecule has 3 aliphatic rings. The molecule has 0 saturated carbocycles. The zero-order valence-electron chi connectivity index (χ0n) is 15.2. The lowest BCUT2D eigenvalue weighted by Crippen LogP contribution is -2.54. The number of carbonyl (C=O) groups excluding carboxylic acids is 3. The van der Waals surface area contributed by atoms with E-state index in [-0.39, 0.29) is 11.8 Å². The quantitative estimate of drug-likeness (QED) is 0.671. The molecule has 27 heavy (non-hydrogen) atoms. The van der Waals surface area contributed by atoms with E-state index in [0.29, 0.717) is 29.2 Å². The number of unbranched alkanes of at least 4 members (excludes halogenated alkanes) is 1. The molecule has 3 amide bonds. The minimum Gasteiger partial charge on any atom is -0.392 e. The first-order valence-corrected chi connectivity index (χ1v) is 9.63. The predicted molar refractivity (Wildman–Crippen MR) is 99.0 cm³/mol. The van der Waals surface area contributed by atoms with Crippen molar-refractivity contribution in [3.63, 3.8) is 0 Å². The van der Waals surface area contributed by atoms with Gasteiger partial charge in [0, 0.05) is 28.9 Å². The topological polar surface area (TPSA) is 98.7 Å². The van der Waals surface area contributed by atoms with Gasteiger partial charge in [-0.1, -0.05) is 24.9 Å². The summed E-state index contributed by atoms with van der Waals surface area (Å²) >= 11 is 6.16. The van der Waals surface area contributed by atoms with E-state index in [1.54, 1.807) is 25.1 Å². The standard InChI is InChI=1S/C19H22ClN3O4/c1-3-4-7-23-16(25)13-14(17(23)26)19(22-15(13)9(2)24)11-8-10(20)5-6-12(11)21-18(19)27/h5-6,8-9,13-15,22,24H,3-4,7H2,1-2H3,(H,21,27)/t9-,13+,14+,15+,19-/m1/s1. The van der Waals surface area contributed by atoms with Crippen molar-refractivity contribution in [1.82, 2.24) is 10.2 Å². The Labute approximate surface area is 162 Å². The van der Waals surface area contributed by atoms with Crippen molar-refractivity contribution >= 4 is 35.0 Å². The van der Waals surface area contributed by atoms with Crippen LogP contribution in [0, 0.1) is 11.8 Å². The van der Waals surface area contributed by atoms with Gasteiger partial charge in [0.2, 0.25) is 17.7 Å². The Balaban J connectivity index is 1.86. The van der Waals surface area contributed by atoms with Crippen LogP contribution in [0.15, 0.2) is 18.2 Å². The first kappa shape index (κ1) is 18.4. The lowest BCUT2D eigenvalue weighted by molar-refractivity contribution is -0.143. The fraction of sp³-hybridized carbons (Fsp3) is 0.526. The molecule has 1 spiro atoms. The van der Waals surface area contributed by atoms with E-state index in [0.717, 1.165) is 6.42 Å². The van der Waals surface area contributed by atoms with Crippen LogP contribution in [0.2, 0.25) is 5.02 Å². The van der Waals surface area contributed by atoms with Crippen LogP contribution < -0.4 is 10.6 Å². The van der Waals surface area contributed by atoms with Gasteiger partial charge < -0.3 is 10.4 Å². The predicted octanol–water partition coefficient (Wildman–Crippen LogP) is 1.24. The van der Waals surface area contributed by atoms with Crippen LogP contribution in [0.25, 0.3) is 0 Å². The number of rotatable bonds is 4. The van der Waals surface area contributed by atoms with Gasteiger partial charge in [0.1, 0.15) is 5.54 Å². The van der Waals surface area contributed by atoms with Crippen molar-refractivity contribution < 1.29 is 19.5 Å². The average molecular weight is 392 g/mol. The molecule has 8 heteroatoms. The number of fused-ring (bicyclic) bond motifs is 4. The second-order valence-electron chi connectivity index (χ2n) is 7.55. The number of nitrogens with zero attached hydrogens (tertiary/aromatic N) is 1. The number of halogens is 1. The molecule has 1 aromatic carbocycles. The molecule has 1 aromatic rings. The van der Waals surface area contributed by atoms with Gasteiger partial charge in [0.05, 0.1) is 17.9 Å². The third-order valence-corrected chi connectivity index (χ3v) is 6.19. The number of aliphatic hydroxyl groups excluding tert-OH is 1. The van der Waals surface area contributed by atoms with Crippen molar-refractivity contribution in [2.75, 3.05) is 11.9 Å². The summed E-state index contributed by atoms with van der Waals surface area (Å²) in [5.74, 6) is -2.77. The molecule has 0 aliphatic carbocycles. The second kappa shape index (κ2) is 6.29. The number of imide groups is 1. The molecule has 0 aromatic heterocycles. The van der Waals surface area contributed by atoms with Crippen LogP contribution in [0.1, 0.15) is 32.3 Å². The maximum absolute atomic E-state index is 13.2. The lowest BCUT2D eigenvalue weighted by atomic mass is 9.76. The van der Waals surface area contributed by atoms with E-state index < -0.39 is 35.4 Å². The summed E-state index contributed by atoms with van der Waals surface area (Å²) in [5.41, 5.74) is -0.286. The summed E-state index contributed by atoms with van der Waals surface area (Å²) < 4.78 is 0. The first-order valence-electron chi connectivity index (χ1n) is 9.25. The van der Waals surface area contributed by atoms with Crippen molar-refractivity contribution in [3.05, 3.63) is 28.8 Å². The molecule has 7 nitrogen and oxygen atoms in total. The summed E-state index contributed by atoms with van der Waals surface area (Å²) in [4.78, 5) is 40.6. The second-order valence-corrected chi connectivity index (χ2v) is 7.98. The van der Waals surface area contributed by atoms with Crippen LogP contribution in [-0.2, 0) is 19.9 Å². The van der Waals surface area contributed by atoms with E-state index >= 15 is 0 Å². The van der Waals surface area contributed by atoms with Gasteiger partial charge in [-0.15, -0.1) is 0 Å². The van der Waals surface area contributed by atoms with E-state index in [1.165, 1.54) is 4.90 Å². The monoisotopic (exact) mass is 391 g/mol. The summed E-state index contributed by atoms with van der Waals surface area (Å²) in [6.45, 7) is 3.87. The minimum absolute atomic E-state index is 0.322. The molecule has 0 unspecified atom stereocenters. The van der Waals surface area contributed by atoms with Crippen molar-refractivity contribution in [3.8, 4) is 0 Å². The van der Waals surface area contributed by atoms with Gasteiger partial charge in [-0.2, -0.15) is 0 Å². The highest BCUT2D eigenvalue weighted by molar-refractivity contribution is 6.31. The fourth-order valence-electron chi connectivity index (χ4n) is 4.71. The van der Waals surface area contributed by atoms with Crippen LogP contribution in [0.3, 0.4) is 0 Å². The largest absolute Gasteiger partial charge is 0.392 e. The zero-order chi connectivity index (χ0) is 19.5. The maximum atomic E-state index is 13.2. The molecule has 5 atom stereocenters. The molecule has 3 aliphatic heterocycles. The number of nitrogens with one attached hydrogen (secondary N) is 2. The molecule has 3 N–H and O–H groups in total. The van der Waals surface area contributed by atoms with Gasteiger partial charge in [-0.25, -0.2) is 0 Å². The lowest BCUT2D eigenvalue weighted by Gasteiger charge is -2.30. The van der Waals surface area contributed by atoms with Crippen molar-refractivity contribution in [2.24, 2.45) is 11.8 Å². The minimum atomic E-state index is -1.40. The molecule has 3 heterocycles. The smallest absolute Gasteiger partial charge is 0.250 e.